The van der Waals surface area contributed by atoms with Crippen LogP contribution in [0.5, 0.6) is 5.75 Å². The summed E-state index contributed by atoms with van der Waals surface area (Å²) in [7, 11) is 1.25. The molecule has 24 heavy (non-hydrogen) atoms. The summed E-state index contributed by atoms with van der Waals surface area (Å²) in [6, 6.07) is 6.33. The van der Waals surface area contributed by atoms with E-state index in [1.165, 1.54) is 14.0 Å². The Bertz CT molecular complexity index is 631. The topological polar surface area (TPSA) is 84.9 Å². The van der Waals surface area contributed by atoms with Crippen molar-refractivity contribution in [3.8, 4) is 5.75 Å². The number of fused-ring (bicyclic) bond motifs is 1. The van der Waals surface area contributed by atoms with E-state index in [0.29, 0.717) is 13.2 Å². The van der Waals surface area contributed by atoms with E-state index in [2.05, 4.69) is 10.1 Å². The molecule has 1 aliphatic rings. The summed E-state index contributed by atoms with van der Waals surface area (Å²) in [5.41, 5.74) is 0.892. The van der Waals surface area contributed by atoms with E-state index < -0.39 is 12.0 Å². The first-order valence-electron chi connectivity index (χ1n) is 7.80. The number of ether oxygens (including phenoxy) is 2. The van der Waals surface area contributed by atoms with Gasteiger partial charge in [0.25, 0.3) is 0 Å². The second kappa shape index (κ2) is 7.81. The zero-order valence-corrected chi connectivity index (χ0v) is 14.1. The van der Waals surface area contributed by atoms with Gasteiger partial charge in [-0.1, -0.05) is 18.2 Å². The van der Waals surface area contributed by atoms with E-state index in [4.69, 9.17) is 4.74 Å². The fourth-order valence-electron chi connectivity index (χ4n) is 2.77. The smallest absolute Gasteiger partial charge is 0.308 e. The van der Waals surface area contributed by atoms with Gasteiger partial charge in [0, 0.05) is 12.5 Å². The quantitative estimate of drug-likeness (QED) is 0.832. The summed E-state index contributed by atoms with van der Waals surface area (Å²) >= 11 is 0. The largest absolute Gasteiger partial charge is 0.491 e. The number of esters is 1. The third kappa shape index (κ3) is 4.04. The van der Waals surface area contributed by atoms with Crippen LogP contribution < -0.4 is 10.1 Å². The summed E-state index contributed by atoms with van der Waals surface area (Å²) in [4.78, 5) is 37.5. The Labute approximate surface area is 140 Å². The first-order valence-corrected chi connectivity index (χ1v) is 7.80. The van der Waals surface area contributed by atoms with Crippen LogP contribution in [0, 0.1) is 0 Å². The number of nitrogens with one attached hydrogen (secondary N) is 1. The molecule has 0 aromatic heterocycles. The van der Waals surface area contributed by atoms with Crippen LogP contribution >= 0.6 is 0 Å². The lowest BCUT2D eigenvalue weighted by atomic mass is 10.0. The molecule has 0 fully saturated rings. The van der Waals surface area contributed by atoms with Gasteiger partial charge in [0.2, 0.25) is 11.8 Å². The molecule has 0 spiro atoms. The lowest BCUT2D eigenvalue weighted by molar-refractivity contribution is -0.146. The van der Waals surface area contributed by atoms with Crippen molar-refractivity contribution in [2.75, 3.05) is 20.3 Å². The molecule has 1 heterocycles. The summed E-state index contributed by atoms with van der Waals surface area (Å²) < 4.78 is 10.3. The van der Waals surface area contributed by atoms with Crippen molar-refractivity contribution in [1.82, 2.24) is 10.2 Å². The molecular weight excluding hydrogens is 312 g/mol. The second-order valence-electron chi connectivity index (χ2n) is 5.63. The van der Waals surface area contributed by atoms with Gasteiger partial charge in [0.05, 0.1) is 26.1 Å². The molecule has 130 valence electrons. The van der Waals surface area contributed by atoms with Crippen LogP contribution in [0.2, 0.25) is 0 Å². The number of rotatable bonds is 4. The summed E-state index contributed by atoms with van der Waals surface area (Å²) in [5, 5.41) is 2.54. The molecule has 2 rings (SSSR count). The van der Waals surface area contributed by atoms with Gasteiger partial charge in [0.15, 0.2) is 0 Å². The Morgan fingerprint density at radius 2 is 2.08 bits per heavy atom. The number of hydrogen-bond acceptors (Lipinski definition) is 5. The Hall–Kier alpha value is -2.57. The van der Waals surface area contributed by atoms with Crippen LogP contribution in [0.4, 0.5) is 0 Å². The van der Waals surface area contributed by atoms with E-state index in [1.54, 1.807) is 4.90 Å². The third-order valence-corrected chi connectivity index (χ3v) is 3.98. The normalized spacial score (nSPS) is 17.8. The Morgan fingerprint density at radius 1 is 1.38 bits per heavy atom. The fraction of sp³-hybridized carbons (Fsp3) is 0.471. The van der Waals surface area contributed by atoms with Gasteiger partial charge in [-0.15, -0.1) is 0 Å². The van der Waals surface area contributed by atoms with E-state index >= 15 is 0 Å². The maximum atomic E-state index is 12.9. The van der Waals surface area contributed by atoms with Gasteiger partial charge >= 0.3 is 5.97 Å². The van der Waals surface area contributed by atoms with Gasteiger partial charge in [-0.3, -0.25) is 14.4 Å². The molecule has 0 saturated heterocycles. The molecule has 0 saturated carbocycles. The van der Waals surface area contributed by atoms with Crippen molar-refractivity contribution in [2.24, 2.45) is 0 Å². The number of carbonyl (C=O) groups excluding carboxylic acids is 3. The van der Waals surface area contributed by atoms with Gasteiger partial charge in [-0.2, -0.15) is 0 Å². The van der Waals surface area contributed by atoms with Crippen LogP contribution in [0.25, 0.3) is 0 Å². The van der Waals surface area contributed by atoms with Crippen molar-refractivity contribution < 1.29 is 23.9 Å². The first-order chi connectivity index (χ1) is 11.4. The number of nitrogens with zero attached hydrogens (tertiary/aromatic N) is 1. The highest BCUT2D eigenvalue weighted by Gasteiger charge is 2.33. The monoisotopic (exact) mass is 334 g/mol. The van der Waals surface area contributed by atoms with Crippen molar-refractivity contribution >= 4 is 17.8 Å². The second-order valence-corrected chi connectivity index (χ2v) is 5.63. The van der Waals surface area contributed by atoms with E-state index in [1.807, 2.05) is 31.2 Å². The SMILES string of the molecule is COC(=O)CC(NC(C)=O)C(=O)N1CCOc2ccccc2C1C. The van der Waals surface area contributed by atoms with Crippen molar-refractivity contribution in [3.05, 3.63) is 29.8 Å². The van der Waals surface area contributed by atoms with E-state index in [9.17, 15) is 14.4 Å². The standard InChI is InChI=1S/C17H22N2O5/c1-11-13-6-4-5-7-15(13)24-9-8-19(11)17(22)14(18-12(2)20)10-16(21)23-3/h4-7,11,14H,8-10H2,1-3H3,(H,18,20). The highest BCUT2D eigenvalue weighted by molar-refractivity contribution is 5.90. The number of hydrogen-bond donors (Lipinski definition) is 1. The van der Waals surface area contributed by atoms with Gasteiger partial charge < -0.3 is 19.7 Å². The van der Waals surface area contributed by atoms with Gasteiger partial charge in [0.1, 0.15) is 18.4 Å². The molecule has 7 nitrogen and oxygen atoms in total. The van der Waals surface area contributed by atoms with Crippen molar-refractivity contribution in [3.63, 3.8) is 0 Å². The Balaban J connectivity index is 2.24. The lowest BCUT2D eigenvalue weighted by Gasteiger charge is -2.30. The van der Waals surface area contributed by atoms with Crippen LogP contribution in [-0.2, 0) is 19.1 Å². The number of benzene rings is 1. The minimum Gasteiger partial charge on any atom is -0.491 e. The molecule has 0 bridgehead atoms. The van der Waals surface area contributed by atoms with E-state index in [0.717, 1.165) is 11.3 Å². The van der Waals surface area contributed by atoms with Crippen molar-refractivity contribution in [2.45, 2.75) is 32.4 Å². The predicted octanol–water partition coefficient (Wildman–Crippen LogP) is 1.04. The zero-order valence-electron chi connectivity index (χ0n) is 14.1. The molecule has 7 heteroatoms. The number of methoxy groups -OCH3 is 1. The summed E-state index contributed by atoms with van der Waals surface area (Å²) in [6.45, 7) is 3.92. The lowest BCUT2D eigenvalue weighted by Crippen LogP contribution is -2.50. The highest BCUT2D eigenvalue weighted by atomic mass is 16.5. The molecule has 2 amide bonds. The zero-order chi connectivity index (χ0) is 17.7. The van der Waals surface area contributed by atoms with Crippen LogP contribution in [0.1, 0.15) is 31.9 Å². The molecule has 0 radical (unpaired) electrons. The molecule has 1 aromatic rings. The van der Waals surface area contributed by atoms with E-state index in [-0.39, 0.29) is 24.3 Å². The molecule has 1 aliphatic heterocycles. The number of amides is 2. The summed E-state index contributed by atoms with van der Waals surface area (Å²) in [6.07, 6.45) is -0.208. The van der Waals surface area contributed by atoms with Crippen LogP contribution in [0.15, 0.2) is 24.3 Å². The number of para-hydroxylation sites is 1. The van der Waals surface area contributed by atoms with Crippen molar-refractivity contribution in [1.29, 1.82) is 0 Å². The van der Waals surface area contributed by atoms with Gasteiger partial charge in [-0.05, 0) is 13.0 Å². The highest BCUT2D eigenvalue weighted by Crippen LogP contribution is 2.31. The molecule has 2 atom stereocenters. The average molecular weight is 334 g/mol. The average Bonchev–Trinajstić information content (AvgIpc) is 2.72. The minimum atomic E-state index is -0.956. The van der Waals surface area contributed by atoms with Crippen LogP contribution in [0.3, 0.4) is 0 Å². The molecule has 0 aliphatic carbocycles. The third-order valence-electron chi connectivity index (χ3n) is 3.98. The Morgan fingerprint density at radius 3 is 2.75 bits per heavy atom. The fourth-order valence-corrected chi connectivity index (χ4v) is 2.77. The van der Waals surface area contributed by atoms with Gasteiger partial charge in [-0.25, -0.2) is 0 Å². The minimum absolute atomic E-state index is 0.208. The van der Waals surface area contributed by atoms with Crippen LogP contribution in [-0.4, -0.2) is 49.0 Å². The Kier molecular flexibility index (Phi) is 5.78. The predicted molar refractivity (Wildman–Crippen MR) is 86.3 cm³/mol. The first kappa shape index (κ1) is 17.8. The molecule has 1 N–H and O–H groups in total. The maximum absolute atomic E-state index is 12.9. The maximum Gasteiger partial charge on any atom is 0.308 e. The molecular formula is C17H22N2O5. The molecule has 1 aromatic carbocycles. The number of carbonyl (C=O) groups is 3. The molecule has 2 unspecified atom stereocenters. The summed E-state index contributed by atoms with van der Waals surface area (Å²) in [5.74, 6) is -0.523.